The molecule has 1 fully saturated rings. The average Bonchev–Trinajstić information content (AvgIpc) is 2.96. The Morgan fingerprint density at radius 1 is 1.39 bits per heavy atom. The molecule has 0 amide bonds. The maximum atomic E-state index is 12.3. The van der Waals surface area contributed by atoms with Crippen LogP contribution < -0.4 is 5.69 Å². The second kappa shape index (κ2) is 4.22. The van der Waals surface area contributed by atoms with Gasteiger partial charge in [0.25, 0.3) is 0 Å². The highest BCUT2D eigenvalue weighted by Gasteiger charge is 2.36. The third-order valence-electron chi connectivity index (χ3n) is 3.80. The van der Waals surface area contributed by atoms with Crippen LogP contribution in [0.2, 0.25) is 0 Å². The van der Waals surface area contributed by atoms with E-state index in [1.807, 2.05) is 0 Å². The van der Waals surface area contributed by atoms with Gasteiger partial charge < -0.3 is 10.2 Å². The lowest BCUT2D eigenvalue weighted by molar-refractivity contribution is 0.0732. The molecule has 1 saturated carbocycles. The van der Waals surface area contributed by atoms with E-state index in [9.17, 15) is 15.0 Å². The van der Waals surface area contributed by atoms with E-state index in [1.54, 1.807) is 29.2 Å². The van der Waals surface area contributed by atoms with Gasteiger partial charge >= 0.3 is 5.69 Å². The number of hydrogen-bond acceptors (Lipinski definition) is 4. The van der Waals surface area contributed by atoms with Gasteiger partial charge in [-0.2, -0.15) is 0 Å². The number of rotatable bonds is 2. The predicted octanol–water partition coefficient (Wildman–Crippen LogP) is -0.200. The smallest absolute Gasteiger partial charge is 0.334 e. The van der Waals surface area contributed by atoms with Crippen LogP contribution in [0.1, 0.15) is 18.9 Å². The zero-order chi connectivity index (χ0) is 12.7. The quantitative estimate of drug-likeness (QED) is 0.772. The fourth-order valence-electron chi connectivity index (χ4n) is 2.80. The molecule has 0 bridgehead atoms. The van der Waals surface area contributed by atoms with Crippen LogP contribution in [-0.4, -0.2) is 36.9 Å². The van der Waals surface area contributed by atoms with Crippen molar-refractivity contribution >= 4 is 5.65 Å². The molecule has 2 aromatic rings. The Labute approximate surface area is 103 Å². The van der Waals surface area contributed by atoms with E-state index in [-0.39, 0.29) is 24.3 Å². The number of fused-ring (bicyclic) bond motifs is 1. The molecule has 0 aromatic carbocycles. The molecule has 2 N–H and O–H groups in total. The number of aliphatic hydroxyl groups is 2. The van der Waals surface area contributed by atoms with E-state index >= 15 is 0 Å². The highest BCUT2D eigenvalue weighted by Crippen LogP contribution is 2.34. The van der Waals surface area contributed by atoms with Crippen molar-refractivity contribution in [2.75, 3.05) is 6.61 Å². The maximum Gasteiger partial charge on any atom is 0.334 e. The SMILES string of the molecule is O=c1n(C2CCC(O)C2CO)ccc2nccn12. The second-order valence-electron chi connectivity index (χ2n) is 4.72. The van der Waals surface area contributed by atoms with Crippen molar-refractivity contribution in [3.8, 4) is 0 Å². The Balaban J connectivity index is 2.09. The fourth-order valence-corrected chi connectivity index (χ4v) is 2.80. The molecule has 1 aliphatic rings. The van der Waals surface area contributed by atoms with Gasteiger partial charge in [0, 0.05) is 30.6 Å². The minimum atomic E-state index is -0.537. The predicted molar refractivity (Wildman–Crippen MR) is 64.3 cm³/mol. The van der Waals surface area contributed by atoms with Crippen molar-refractivity contribution in [3.05, 3.63) is 35.1 Å². The number of nitrogens with zero attached hydrogens (tertiary/aromatic N) is 3. The minimum absolute atomic E-state index is 0.111. The van der Waals surface area contributed by atoms with Gasteiger partial charge in [-0.15, -0.1) is 0 Å². The molecule has 3 rings (SSSR count). The largest absolute Gasteiger partial charge is 0.396 e. The first-order valence-electron chi connectivity index (χ1n) is 6.05. The van der Waals surface area contributed by atoms with Gasteiger partial charge in [-0.25, -0.2) is 9.78 Å². The Bertz CT molecular complexity index is 618. The summed E-state index contributed by atoms with van der Waals surface area (Å²) in [5.41, 5.74) is 0.429. The zero-order valence-electron chi connectivity index (χ0n) is 9.81. The first-order chi connectivity index (χ1) is 8.72. The van der Waals surface area contributed by atoms with E-state index in [1.165, 1.54) is 4.40 Å². The molecular weight excluding hydrogens is 234 g/mol. The summed E-state index contributed by atoms with van der Waals surface area (Å²) in [4.78, 5) is 16.3. The van der Waals surface area contributed by atoms with E-state index in [2.05, 4.69) is 4.98 Å². The van der Waals surface area contributed by atoms with Crippen LogP contribution in [0.5, 0.6) is 0 Å². The summed E-state index contributed by atoms with van der Waals surface area (Å²) in [7, 11) is 0. The van der Waals surface area contributed by atoms with Crippen molar-refractivity contribution in [2.45, 2.75) is 25.0 Å². The van der Waals surface area contributed by atoms with Crippen LogP contribution in [0.3, 0.4) is 0 Å². The molecule has 6 heteroatoms. The summed E-state index contributed by atoms with van der Waals surface area (Å²) in [6.07, 6.45) is 5.67. The van der Waals surface area contributed by atoms with E-state index < -0.39 is 6.10 Å². The Morgan fingerprint density at radius 3 is 3.00 bits per heavy atom. The molecule has 18 heavy (non-hydrogen) atoms. The molecule has 0 aliphatic heterocycles. The second-order valence-corrected chi connectivity index (χ2v) is 4.72. The van der Waals surface area contributed by atoms with Crippen molar-refractivity contribution in [1.82, 2.24) is 14.0 Å². The Morgan fingerprint density at radius 2 is 2.22 bits per heavy atom. The first kappa shape index (κ1) is 11.4. The van der Waals surface area contributed by atoms with Gasteiger partial charge in [-0.3, -0.25) is 8.97 Å². The Hall–Kier alpha value is -1.66. The molecule has 3 atom stereocenters. The molecular formula is C12H15N3O3. The molecule has 96 valence electrons. The monoisotopic (exact) mass is 249 g/mol. The topological polar surface area (TPSA) is 79.8 Å². The molecule has 2 heterocycles. The van der Waals surface area contributed by atoms with Gasteiger partial charge in [-0.1, -0.05) is 0 Å². The van der Waals surface area contributed by atoms with Gasteiger partial charge in [-0.05, 0) is 18.9 Å². The fraction of sp³-hybridized carbons (Fsp3) is 0.500. The lowest BCUT2D eigenvalue weighted by Crippen LogP contribution is -2.34. The Kier molecular flexibility index (Phi) is 2.68. The molecule has 0 spiro atoms. The maximum absolute atomic E-state index is 12.3. The molecule has 1 aliphatic carbocycles. The summed E-state index contributed by atoms with van der Waals surface area (Å²) in [6.45, 7) is -0.111. The van der Waals surface area contributed by atoms with E-state index in [4.69, 9.17) is 0 Å². The highest BCUT2D eigenvalue weighted by atomic mass is 16.3. The first-order valence-corrected chi connectivity index (χ1v) is 6.05. The summed E-state index contributed by atoms with van der Waals surface area (Å²) >= 11 is 0. The third kappa shape index (κ3) is 1.57. The normalized spacial score (nSPS) is 28.0. The van der Waals surface area contributed by atoms with Crippen LogP contribution in [0.4, 0.5) is 0 Å². The molecule has 0 radical (unpaired) electrons. The van der Waals surface area contributed by atoms with Crippen LogP contribution in [0, 0.1) is 5.92 Å². The number of aliphatic hydroxyl groups excluding tert-OH is 2. The average molecular weight is 249 g/mol. The van der Waals surface area contributed by atoms with Crippen LogP contribution in [-0.2, 0) is 0 Å². The highest BCUT2D eigenvalue weighted by molar-refractivity contribution is 5.35. The van der Waals surface area contributed by atoms with Gasteiger partial charge in [0.05, 0.1) is 12.7 Å². The van der Waals surface area contributed by atoms with E-state index in [0.717, 1.165) is 0 Å². The number of imidazole rings is 1. The molecule has 6 nitrogen and oxygen atoms in total. The van der Waals surface area contributed by atoms with Gasteiger partial charge in [0.2, 0.25) is 0 Å². The van der Waals surface area contributed by atoms with Crippen LogP contribution in [0.25, 0.3) is 5.65 Å². The lowest BCUT2D eigenvalue weighted by Gasteiger charge is -2.21. The number of hydrogen-bond donors (Lipinski definition) is 2. The minimum Gasteiger partial charge on any atom is -0.396 e. The molecule has 2 aromatic heterocycles. The summed E-state index contributed by atoms with van der Waals surface area (Å²) in [5.74, 6) is -0.274. The van der Waals surface area contributed by atoms with E-state index in [0.29, 0.717) is 18.5 Å². The van der Waals surface area contributed by atoms with Gasteiger partial charge in [0.15, 0.2) is 0 Å². The zero-order valence-corrected chi connectivity index (χ0v) is 9.81. The number of aromatic nitrogens is 3. The lowest BCUT2D eigenvalue weighted by atomic mass is 10.0. The third-order valence-corrected chi connectivity index (χ3v) is 3.80. The van der Waals surface area contributed by atoms with Crippen molar-refractivity contribution in [1.29, 1.82) is 0 Å². The van der Waals surface area contributed by atoms with Crippen molar-refractivity contribution in [3.63, 3.8) is 0 Å². The van der Waals surface area contributed by atoms with Crippen molar-refractivity contribution in [2.24, 2.45) is 5.92 Å². The summed E-state index contributed by atoms with van der Waals surface area (Å²) < 4.78 is 3.06. The summed E-state index contributed by atoms with van der Waals surface area (Å²) in [5, 5.41) is 19.1. The molecule has 0 saturated heterocycles. The van der Waals surface area contributed by atoms with Gasteiger partial charge in [0.1, 0.15) is 5.65 Å². The summed E-state index contributed by atoms with van der Waals surface area (Å²) in [6, 6.07) is 1.62. The van der Waals surface area contributed by atoms with Crippen molar-refractivity contribution < 1.29 is 10.2 Å². The standard InChI is InChI=1S/C12H15N3O3/c16-7-8-9(1-2-10(8)17)14-5-3-11-13-4-6-15(11)12(14)18/h3-6,8-10,16-17H,1-2,7H2. The molecule has 3 unspecified atom stereocenters. The van der Waals surface area contributed by atoms with Crippen LogP contribution >= 0.6 is 0 Å². The van der Waals surface area contributed by atoms with Crippen LogP contribution in [0.15, 0.2) is 29.5 Å².